The van der Waals surface area contributed by atoms with Gasteiger partial charge in [-0.3, -0.25) is 9.89 Å². The highest BCUT2D eigenvalue weighted by atomic mass is 15.3. The monoisotopic (exact) mass is 345 g/mol. The fourth-order valence-corrected chi connectivity index (χ4v) is 3.12. The molecule has 0 spiro atoms. The van der Waals surface area contributed by atoms with Gasteiger partial charge in [-0.15, -0.1) is 0 Å². The lowest BCUT2D eigenvalue weighted by atomic mass is 10.1. The topological polar surface area (TPSA) is 42.9 Å². The van der Waals surface area contributed by atoms with E-state index in [4.69, 9.17) is 4.99 Å². The first kappa shape index (κ1) is 19.7. The van der Waals surface area contributed by atoms with E-state index in [1.54, 1.807) is 0 Å². The van der Waals surface area contributed by atoms with Gasteiger partial charge in [0.1, 0.15) is 0 Å². The summed E-state index contributed by atoms with van der Waals surface area (Å²) in [7, 11) is 0. The van der Waals surface area contributed by atoms with Crippen LogP contribution < -0.4 is 10.6 Å². The molecule has 0 aromatic heterocycles. The summed E-state index contributed by atoms with van der Waals surface area (Å²) in [6, 6.07) is 10.6. The molecule has 1 heterocycles. The standard InChI is InChI=1S/C20H35N5/c1-3-21-20(22-12-8-11-19-9-6-5-7-10-19)23-13-14-25-17-15-24(4-2)16-18-25/h5-7,9-10H,3-4,8,11-18H2,1-2H3,(H2,21,22,23). The lowest BCUT2D eigenvalue weighted by Crippen LogP contribution is -2.49. The number of aryl methyl sites for hydroxylation is 1. The first-order valence-corrected chi connectivity index (χ1v) is 9.82. The smallest absolute Gasteiger partial charge is 0.191 e. The van der Waals surface area contributed by atoms with Gasteiger partial charge in [0.25, 0.3) is 0 Å². The fraction of sp³-hybridized carbons (Fsp3) is 0.650. The van der Waals surface area contributed by atoms with Crippen LogP contribution in [0.4, 0.5) is 0 Å². The summed E-state index contributed by atoms with van der Waals surface area (Å²) >= 11 is 0. The van der Waals surface area contributed by atoms with E-state index >= 15 is 0 Å². The molecule has 1 fully saturated rings. The fourth-order valence-electron chi connectivity index (χ4n) is 3.12. The highest BCUT2D eigenvalue weighted by Gasteiger charge is 2.14. The molecule has 140 valence electrons. The lowest BCUT2D eigenvalue weighted by Gasteiger charge is -2.34. The van der Waals surface area contributed by atoms with Crippen LogP contribution in [0.5, 0.6) is 0 Å². The van der Waals surface area contributed by atoms with E-state index < -0.39 is 0 Å². The van der Waals surface area contributed by atoms with Crippen molar-refractivity contribution in [1.82, 2.24) is 20.4 Å². The van der Waals surface area contributed by atoms with Crippen molar-refractivity contribution in [1.29, 1.82) is 0 Å². The SMILES string of the molecule is CCNC(=NCCCc1ccccc1)NCCN1CCN(CC)CC1. The number of benzene rings is 1. The van der Waals surface area contributed by atoms with Crippen molar-refractivity contribution in [3.8, 4) is 0 Å². The Bertz CT molecular complexity index is 480. The van der Waals surface area contributed by atoms with Crippen LogP contribution in [0.1, 0.15) is 25.8 Å². The number of aliphatic imine (C=N–C) groups is 1. The van der Waals surface area contributed by atoms with E-state index in [0.29, 0.717) is 0 Å². The van der Waals surface area contributed by atoms with Crippen molar-refractivity contribution >= 4 is 5.96 Å². The molecule has 0 unspecified atom stereocenters. The van der Waals surface area contributed by atoms with Gasteiger partial charge in [-0.1, -0.05) is 37.3 Å². The quantitative estimate of drug-likeness (QED) is 0.407. The predicted molar refractivity (Wildman–Crippen MR) is 107 cm³/mol. The summed E-state index contributed by atoms with van der Waals surface area (Å²) in [4.78, 5) is 9.76. The van der Waals surface area contributed by atoms with Gasteiger partial charge in [0.2, 0.25) is 0 Å². The highest BCUT2D eigenvalue weighted by molar-refractivity contribution is 5.79. The molecule has 1 aromatic carbocycles. The number of nitrogens with one attached hydrogen (secondary N) is 2. The minimum Gasteiger partial charge on any atom is -0.357 e. The average molecular weight is 346 g/mol. The summed E-state index contributed by atoms with van der Waals surface area (Å²) < 4.78 is 0. The zero-order chi connectivity index (χ0) is 17.7. The number of hydrogen-bond acceptors (Lipinski definition) is 3. The first-order valence-electron chi connectivity index (χ1n) is 9.82. The Morgan fingerprint density at radius 1 is 1.00 bits per heavy atom. The second-order valence-corrected chi connectivity index (χ2v) is 6.55. The molecule has 0 bridgehead atoms. The van der Waals surface area contributed by atoms with E-state index in [-0.39, 0.29) is 0 Å². The molecule has 2 rings (SSSR count). The average Bonchev–Trinajstić information content (AvgIpc) is 2.66. The molecule has 1 aromatic rings. The molecule has 0 amide bonds. The molecule has 1 aliphatic rings. The van der Waals surface area contributed by atoms with E-state index in [0.717, 1.165) is 45.0 Å². The Balaban J connectivity index is 1.63. The van der Waals surface area contributed by atoms with Crippen LogP contribution in [0.25, 0.3) is 0 Å². The van der Waals surface area contributed by atoms with Crippen LogP contribution in [0.15, 0.2) is 35.3 Å². The largest absolute Gasteiger partial charge is 0.357 e. The maximum atomic E-state index is 4.70. The molecule has 0 saturated carbocycles. The molecule has 5 heteroatoms. The van der Waals surface area contributed by atoms with Gasteiger partial charge >= 0.3 is 0 Å². The third-order valence-electron chi connectivity index (χ3n) is 4.71. The zero-order valence-electron chi connectivity index (χ0n) is 16.0. The van der Waals surface area contributed by atoms with Gasteiger partial charge in [0, 0.05) is 52.4 Å². The summed E-state index contributed by atoms with van der Waals surface area (Å²) in [5.41, 5.74) is 1.39. The Hall–Kier alpha value is -1.59. The van der Waals surface area contributed by atoms with Gasteiger partial charge in [-0.2, -0.15) is 0 Å². The van der Waals surface area contributed by atoms with E-state index in [9.17, 15) is 0 Å². The van der Waals surface area contributed by atoms with Crippen LogP contribution in [-0.4, -0.2) is 74.7 Å². The van der Waals surface area contributed by atoms with Gasteiger partial charge in [-0.25, -0.2) is 0 Å². The van der Waals surface area contributed by atoms with Crippen molar-refractivity contribution in [2.75, 3.05) is 58.9 Å². The molecule has 0 aliphatic carbocycles. The van der Waals surface area contributed by atoms with Crippen LogP contribution in [0.2, 0.25) is 0 Å². The van der Waals surface area contributed by atoms with Gasteiger partial charge in [0.15, 0.2) is 5.96 Å². The number of rotatable bonds is 9. The third-order valence-corrected chi connectivity index (χ3v) is 4.71. The number of guanidine groups is 1. The maximum Gasteiger partial charge on any atom is 0.191 e. The van der Waals surface area contributed by atoms with Crippen LogP contribution in [0, 0.1) is 0 Å². The van der Waals surface area contributed by atoms with Crippen molar-refractivity contribution in [3.63, 3.8) is 0 Å². The van der Waals surface area contributed by atoms with Gasteiger partial charge in [0.05, 0.1) is 0 Å². The van der Waals surface area contributed by atoms with E-state index in [2.05, 4.69) is 64.6 Å². The van der Waals surface area contributed by atoms with Crippen molar-refractivity contribution in [2.45, 2.75) is 26.7 Å². The molecule has 1 saturated heterocycles. The van der Waals surface area contributed by atoms with Crippen LogP contribution >= 0.6 is 0 Å². The minimum atomic E-state index is 0.861. The second kappa shape index (κ2) is 11.9. The van der Waals surface area contributed by atoms with Crippen molar-refractivity contribution in [2.24, 2.45) is 4.99 Å². The lowest BCUT2D eigenvalue weighted by molar-refractivity contribution is 0.139. The second-order valence-electron chi connectivity index (χ2n) is 6.55. The molecular weight excluding hydrogens is 310 g/mol. The van der Waals surface area contributed by atoms with Crippen LogP contribution in [0.3, 0.4) is 0 Å². The number of nitrogens with zero attached hydrogens (tertiary/aromatic N) is 3. The predicted octanol–water partition coefficient (Wildman–Crippen LogP) is 1.81. The molecule has 25 heavy (non-hydrogen) atoms. The number of piperazine rings is 1. The Labute approximate surface area is 153 Å². The van der Waals surface area contributed by atoms with Gasteiger partial charge < -0.3 is 15.5 Å². The first-order chi connectivity index (χ1) is 12.3. The molecule has 1 aliphatic heterocycles. The van der Waals surface area contributed by atoms with Crippen molar-refractivity contribution in [3.05, 3.63) is 35.9 Å². The van der Waals surface area contributed by atoms with E-state index in [1.807, 2.05) is 0 Å². The summed E-state index contributed by atoms with van der Waals surface area (Å²) in [6.45, 7) is 14.1. The Morgan fingerprint density at radius 3 is 2.40 bits per heavy atom. The molecular formula is C20H35N5. The molecule has 5 nitrogen and oxygen atoms in total. The summed E-state index contributed by atoms with van der Waals surface area (Å²) in [5.74, 6) is 0.947. The van der Waals surface area contributed by atoms with Crippen LogP contribution in [-0.2, 0) is 6.42 Å². The Morgan fingerprint density at radius 2 is 1.72 bits per heavy atom. The summed E-state index contributed by atoms with van der Waals surface area (Å²) in [5, 5.41) is 6.82. The number of hydrogen-bond donors (Lipinski definition) is 2. The number of likely N-dealkylation sites (N-methyl/N-ethyl adjacent to an activating group) is 1. The maximum absolute atomic E-state index is 4.70. The zero-order valence-corrected chi connectivity index (χ0v) is 16.0. The summed E-state index contributed by atoms with van der Waals surface area (Å²) in [6.07, 6.45) is 2.17. The Kier molecular flexibility index (Phi) is 9.37. The van der Waals surface area contributed by atoms with Gasteiger partial charge in [-0.05, 0) is 31.9 Å². The minimum absolute atomic E-state index is 0.861. The normalized spacial score (nSPS) is 16.8. The third kappa shape index (κ3) is 7.88. The molecule has 0 radical (unpaired) electrons. The molecule has 2 N–H and O–H groups in total. The molecule has 0 atom stereocenters. The van der Waals surface area contributed by atoms with E-state index in [1.165, 1.54) is 38.3 Å². The van der Waals surface area contributed by atoms with Crippen molar-refractivity contribution < 1.29 is 0 Å². The highest BCUT2D eigenvalue weighted by Crippen LogP contribution is 2.02.